The van der Waals surface area contributed by atoms with Crippen LogP contribution in [0, 0.1) is 0 Å². The number of hydrogen-bond acceptors (Lipinski definition) is 4. The molecule has 0 spiro atoms. The summed E-state index contributed by atoms with van der Waals surface area (Å²) in [5.41, 5.74) is 1.59. The van der Waals surface area contributed by atoms with Crippen molar-refractivity contribution in [3.8, 4) is 0 Å². The van der Waals surface area contributed by atoms with E-state index >= 15 is 0 Å². The molecular weight excluding hydrogens is 432 g/mol. The molecule has 1 aliphatic rings. The lowest BCUT2D eigenvalue weighted by molar-refractivity contribution is -0.127. The topological polar surface area (TPSA) is 112 Å². The Kier molecular flexibility index (Phi) is 7.27. The second-order valence-corrected chi connectivity index (χ2v) is 8.39. The molecule has 4 rings (SSSR count). The zero-order chi connectivity index (χ0) is 23.8. The van der Waals surface area contributed by atoms with Gasteiger partial charge < -0.3 is 25.7 Å². The standard InChI is InChI=1S/C26H28N4O4/c31-23(22-9-6-16-34-22)29-21-12-10-20(11-13-21)17-27-24(32)26(14-4-5-15-26)30-25(33)28-18-19-7-2-1-3-8-19/h1-3,6-13,16H,4-5,14-15,17-18H2,(H,27,32)(H,29,31)(H2,28,30,33). The van der Waals surface area contributed by atoms with E-state index in [-0.39, 0.29) is 23.6 Å². The monoisotopic (exact) mass is 460 g/mol. The van der Waals surface area contributed by atoms with Gasteiger partial charge in [-0.05, 0) is 48.2 Å². The molecule has 0 bridgehead atoms. The van der Waals surface area contributed by atoms with Crippen molar-refractivity contribution in [1.82, 2.24) is 16.0 Å². The lowest BCUT2D eigenvalue weighted by atomic mass is 9.96. The Labute approximate surface area is 198 Å². The van der Waals surface area contributed by atoms with Crippen LogP contribution in [-0.2, 0) is 17.9 Å². The first kappa shape index (κ1) is 23.1. The smallest absolute Gasteiger partial charge is 0.315 e. The number of hydrogen-bond donors (Lipinski definition) is 4. The molecule has 8 heteroatoms. The van der Waals surface area contributed by atoms with Crippen LogP contribution in [0.3, 0.4) is 0 Å². The number of rotatable bonds is 8. The summed E-state index contributed by atoms with van der Waals surface area (Å²) in [4.78, 5) is 37.7. The molecule has 0 aliphatic heterocycles. The van der Waals surface area contributed by atoms with Gasteiger partial charge in [0.15, 0.2) is 5.76 Å². The highest BCUT2D eigenvalue weighted by Crippen LogP contribution is 2.30. The molecule has 1 fully saturated rings. The number of anilines is 1. The van der Waals surface area contributed by atoms with Crippen LogP contribution in [0.2, 0.25) is 0 Å². The summed E-state index contributed by atoms with van der Waals surface area (Å²) < 4.78 is 5.09. The normalized spacial score (nSPS) is 14.2. The SMILES string of the molecule is O=C(NCc1ccccc1)NC1(C(=O)NCc2ccc(NC(=O)c3ccco3)cc2)CCCC1. The van der Waals surface area contributed by atoms with Gasteiger partial charge in [0.1, 0.15) is 5.54 Å². The summed E-state index contributed by atoms with van der Waals surface area (Å²) in [6.45, 7) is 0.716. The molecule has 1 aliphatic carbocycles. The molecule has 0 saturated heterocycles. The fraction of sp³-hybridized carbons (Fsp3) is 0.269. The Bertz CT molecular complexity index is 1110. The second-order valence-electron chi connectivity index (χ2n) is 8.39. The van der Waals surface area contributed by atoms with Crippen LogP contribution < -0.4 is 21.3 Å². The average Bonchev–Trinajstić information content (AvgIpc) is 3.56. The van der Waals surface area contributed by atoms with E-state index in [1.807, 2.05) is 42.5 Å². The first-order chi connectivity index (χ1) is 16.5. The highest BCUT2D eigenvalue weighted by Gasteiger charge is 2.42. The van der Waals surface area contributed by atoms with E-state index in [0.717, 1.165) is 24.0 Å². The van der Waals surface area contributed by atoms with Gasteiger partial charge in [0.25, 0.3) is 5.91 Å². The molecule has 1 aromatic heterocycles. The first-order valence-electron chi connectivity index (χ1n) is 11.4. The van der Waals surface area contributed by atoms with Gasteiger partial charge in [-0.2, -0.15) is 0 Å². The van der Waals surface area contributed by atoms with Gasteiger partial charge in [-0.1, -0.05) is 55.3 Å². The molecule has 1 heterocycles. The predicted molar refractivity (Wildman–Crippen MR) is 128 cm³/mol. The van der Waals surface area contributed by atoms with Crippen LogP contribution in [0.4, 0.5) is 10.5 Å². The summed E-state index contributed by atoms with van der Waals surface area (Å²) >= 11 is 0. The molecule has 2 aromatic carbocycles. The minimum Gasteiger partial charge on any atom is -0.459 e. The number of urea groups is 1. The van der Waals surface area contributed by atoms with E-state index in [2.05, 4.69) is 21.3 Å². The molecule has 176 valence electrons. The van der Waals surface area contributed by atoms with Gasteiger partial charge in [0.2, 0.25) is 5.91 Å². The largest absolute Gasteiger partial charge is 0.459 e. The summed E-state index contributed by atoms with van der Waals surface area (Å²) in [5, 5.41) is 11.5. The molecule has 4 amide bonds. The molecule has 1 saturated carbocycles. The van der Waals surface area contributed by atoms with Crippen molar-refractivity contribution < 1.29 is 18.8 Å². The lowest BCUT2D eigenvalue weighted by Crippen LogP contribution is -2.59. The predicted octanol–water partition coefficient (Wildman–Crippen LogP) is 3.96. The van der Waals surface area contributed by atoms with E-state index in [1.54, 1.807) is 24.3 Å². The number of furan rings is 1. The third-order valence-corrected chi connectivity index (χ3v) is 5.95. The van der Waals surface area contributed by atoms with Crippen molar-refractivity contribution in [2.24, 2.45) is 0 Å². The van der Waals surface area contributed by atoms with Gasteiger partial charge in [0, 0.05) is 18.8 Å². The van der Waals surface area contributed by atoms with Gasteiger partial charge in [-0.3, -0.25) is 9.59 Å². The van der Waals surface area contributed by atoms with Crippen molar-refractivity contribution in [2.45, 2.75) is 44.3 Å². The summed E-state index contributed by atoms with van der Waals surface area (Å²) in [7, 11) is 0. The maximum Gasteiger partial charge on any atom is 0.315 e. The van der Waals surface area contributed by atoms with Crippen molar-refractivity contribution >= 4 is 23.5 Å². The van der Waals surface area contributed by atoms with Crippen LogP contribution in [0.5, 0.6) is 0 Å². The van der Waals surface area contributed by atoms with Crippen LogP contribution >= 0.6 is 0 Å². The number of carbonyl (C=O) groups excluding carboxylic acids is 3. The molecule has 8 nitrogen and oxygen atoms in total. The maximum atomic E-state index is 13.1. The van der Waals surface area contributed by atoms with Gasteiger partial charge in [-0.25, -0.2) is 4.79 Å². The molecule has 34 heavy (non-hydrogen) atoms. The summed E-state index contributed by atoms with van der Waals surface area (Å²) in [5.74, 6) is -0.278. The highest BCUT2D eigenvalue weighted by atomic mass is 16.3. The first-order valence-corrected chi connectivity index (χ1v) is 11.4. The zero-order valence-electron chi connectivity index (χ0n) is 18.8. The third-order valence-electron chi connectivity index (χ3n) is 5.95. The number of carbonyl (C=O) groups is 3. The van der Waals surface area contributed by atoms with Gasteiger partial charge in [-0.15, -0.1) is 0 Å². The Morgan fingerprint density at radius 1 is 0.794 bits per heavy atom. The summed E-state index contributed by atoms with van der Waals surface area (Å²) in [6.07, 6.45) is 4.43. The van der Waals surface area contributed by atoms with Gasteiger partial charge in [0.05, 0.1) is 6.26 Å². The van der Waals surface area contributed by atoms with Crippen LogP contribution in [-0.4, -0.2) is 23.4 Å². The van der Waals surface area contributed by atoms with Crippen LogP contribution in [0.25, 0.3) is 0 Å². The number of benzene rings is 2. The minimum atomic E-state index is -0.905. The van der Waals surface area contributed by atoms with E-state index in [0.29, 0.717) is 31.6 Å². The Morgan fingerprint density at radius 2 is 1.47 bits per heavy atom. The molecule has 4 N–H and O–H groups in total. The molecule has 0 unspecified atom stereocenters. The van der Waals surface area contributed by atoms with E-state index in [4.69, 9.17) is 4.42 Å². The molecule has 0 atom stereocenters. The number of amides is 4. The lowest BCUT2D eigenvalue weighted by Gasteiger charge is -2.29. The average molecular weight is 461 g/mol. The third kappa shape index (κ3) is 5.83. The second kappa shape index (κ2) is 10.7. The Morgan fingerprint density at radius 3 is 2.15 bits per heavy atom. The fourth-order valence-electron chi connectivity index (χ4n) is 4.09. The quantitative estimate of drug-likeness (QED) is 0.408. The number of nitrogens with one attached hydrogen (secondary N) is 4. The van der Waals surface area contributed by atoms with E-state index in [1.165, 1.54) is 6.26 Å². The van der Waals surface area contributed by atoms with Crippen LogP contribution in [0.1, 0.15) is 47.4 Å². The molecule has 0 radical (unpaired) electrons. The minimum absolute atomic E-state index is 0.185. The van der Waals surface area contributed by atoms with Crippen molar-refractivity contribution in [2.75, 3.05) is 5.32 Å². The molecular formula is C26H28N4O4. The van der Waals surface area contributed by atoms with Crippen molar-refractivity contribution in [1.29, 1.82) is 0 Å². The zero-order valence-corrected chi connectivity index (χ0v) is 18.8. The van der Waals surface area contributed by atoms with E-state index < -0.39 is 5.54 Å². The van der Waals surface area contributed by atoms with Crippen molar-refractivity contribution in [3.05, 3.63) is 89.9 Å². The maximum absolute atomic E-state index is 13.1. The van der Waals surface area contributed by atoms with E-state index in [9.17, 15) is 14.4 Å². The summed E-state index contributed by atoms with van der Waals surface area (Å²) in [6, 6.07) is 19.7. The molecule has 3 aromatic rings. The Hall–Kier alpha value is -4.07. The van der Waals surface area contributed by atoms with Crippen LogP contribution in [0.15, 0.2) is 77.4 Å². The Balaban J connectivity index is 1.29. The fourth-order valence-corrected chi connectivity index (χ4v) is 4.09. The van der Waals surface area contributed by atoms with Gasteiger partial charge >= 0.3 is 6.03 Å². The van der Waals surface area contributed by atoms with Crippen molar-refractivity contribution in [3.63, 3.8) is 0 Å². The highest BCUT2D eigenvalue weighted by molar-refractivity contribution is 6.02.